The summed E-state index contributed by atoms with van der Waals surface area (Å²) < 4.78 is 14.2. The molecular weight excluding hydrogens is 347 g/mol. The molecule has 2 aromatic rings. The van der Waals surface area contributed by atoms with Crippen molar-refractivity contribution in [3.05, 3.63) is 57.8 Å². The van der Waals surface area contributed by atoms with E-state index in [1.54, 1.807) is 36.4 Å². The molecule has 2 rings (SSSR count). The lowest BCUT2D eigenvalue weighted by atomic mass is 10.3. The number of nitrogens with one attached hydrogen (secondary N) is 2. The molecule has 2 N–H and O–H groups in total. The Morgan fingerprint density at radius 1 is 1.20 bits per heavy atom. The predicted octanol–water partition coefficient (Wildman–Crippen LogP) is 4.29. The van der Waals surface area contributed by atoms with Crippen molar-refractivity contribution in [2.24, 2.45) is 0 Å². The molecule has 0 fully saturated rings. The minimum absolute atomic E-state index is 0.0317. The number of amides is 1. The van der Waals surface area contributed by atoms with Crippen molar-refractivity contribution < 1.29 is 9.18 Å². The van der Waals surface area contributed by atoms with E-state index in [1.807, 2.05) is 0 Å². The summed E-state index contributed by atoms with van der Waals surface area (Å²) in [5.41, 5.74) is 0.904. The molecule has 0 spiro atoms. The van der Waals surface area contributed by atoms with Gasteiger partial charge in [0, 0.05) is 15.2 Å². The lowest BCUT2D eigenvalue weighted by Gasteiger charge is -2.09. The van der Waals surface area contributed by atoms with Gasteiger partial charge in [-0.2, -0.15) is 0 Å². The molecule has 0 aliphatic heterocycles. The minimum atomic E-state index is -0.410. The van der Waals surface area contributed by atoms with Crippen LogP contribution in [0.1, 0.15) is 0 Å². The molecule has 0 bridgehead atoms. The van der Waals surface area contributed by atoms with Crippen molar-refractivity contribution >= 4 is 44.8 Å². The van der Waals surface area contributed by atoms with Crippen LogP contribution in [0.5, 0.6) is 0 Å². The number of carbonyl (C=O) groups excluding carboxylic acids is 1. The van der Waals surface area contributed by atoms with Crippen molar-refractivity contribution in [2.75, 3.05) is 17.2 Å². The second-order valence-corrected chi connectivity index (χ2v) is 5.38. The summed E-state index contributed by atoms with van der Waals surface area (Å²) in [6, 6.07) is 11.2. The number of benzene rings is 2. The highest BCUT2D eigenvalue weighted by Gasteiger charge is 2.06. The zero-order valence-electron chi connectivity index (χ0n) is 10.3. The van der Waals surface area contributed by atoms with Crippen LogP contribution < -0.4 is 10.6 Å². The van der Waals surface area contributed by atoms with E-state index in [-0.39, 0.29) is 18.1 Å². The van der Waals surface area contributed by atoms with E-state index in [9.17, 15) is 9.18 Å². The Balaban J connectivity index is 1.92. The average Bonchev–Trinajstić information content (AvgIpc) is 2.42. The molecular formula is C14H11BrClFN2O. The van der Waals surface area contributed by atoms with Crippen LogP contribution in [-0.2, 0) is 4.79 Å². The van der Waals surface area contributed by atoms with E-state index in [1.165, 1.54) is 6.07 Å². The van der Waals surface area contributed by atoms with E-state index in [0.29, 0.717) is 10.7 Å². The number of carbonyl (C=O) groups is 1. The SMILES string of the molecule is O=C(CNc1cc(Br)ccc1F)Nc1ccc(Cl)cc1. The van der Waals surface area contributed by atoms with Crippen LogP contribution >= 0.6 is 27.5 Å². The maximum atomic E-state index is 13.5. The lowest BCUT2D eigenvalue weighted by molar-refractivity contribution is -0.114. The molecule has 0 saturated heterocycles. The molecule has 0 saturated carbocycles. The minimum Gasteiger partial charge on any atom is -0.374 e. The Kier molecular flexibility index (Phi) is 4.98. The average molecular weight is 358 g/mol. The predicted molar refractivity (Wildman–Crippen MR) is 82.7 cm³/mol. The van der Waals surface area contributed by atoms with Crippen LogP contribution in [0.15, 0.2) is 46.9 Å². The second-order valence-electron chi connectivity index (χ2n) is 4.03. The zero-order chi connectivity index (χ0) is 14.5. The summed E-state index contributed by atoms with van der Waals surface area (Å²) in [6.07, 6.45) is 0. The molecule has 20 heavy (non-hydrogen) atoms. The van der Waals surface area contributed by atoms with Crippen LogP contribution in [0.4, 0.5) is 15.8 Å². The summed E-state index contributed by atoms with van der Waals surface area (Å²) >= 11 is 8.99. The van der Waals surface area contributed by atoms with Crippen LogP contribution in [0.2, 0.25) is 5.02 Å². The highest BCUT2D eigenvalue weighted by molar-refractivity contribution is 9.10. The highest BCUT2D eigenvalue weighted by atomic mass is 79.9. The molecule has 6 heteroatoms. The fourth-order valence-corrected chi connectivity index (χ4v) is 2.03. The smallest absolute Gasteiger partial charge is 0.243 e. The van der Waals surface area contributed by atoms with Crippen LogP contribution in [0.3, 0.4) is 0 Å². The van der Waals surface area contributed by atoms with Gasteiger partial charge in [-0.15, -0.1) is 0 Å². The molecule has 0 unspecified atom stereocenters. The number of hydrogen-bond donors (Lipinski definition) is 2. The Labute approximate surface area is 129 Å². The summed E-state index contributed by atoms with van der Waals surface area (Å²) in [5, 5.41) is 6.02. The quantitative estimate of drug-likeness (QED) is 0.857. The van der Waals surface area contributed by atoms with Gasteiger partial charge in [-0.05, 0) is 42.5 Å². The van der Waals surface area contributed by atoms with Gasteiger partial charge in [0.25, 0.3) is 0 Å². The fourth-order valence-electron chi connectivity index (χ4n) is 1.55. The second kappa shape index (κ2) is 6.72. The largest absolute Gasteiger partial charge is 0.374 e. The highest BCUT2D eigenvalue weighted by Crippen LogP contribution is 2.19. The summed E-state index contributed by atoms with van der Waals surface area (Å²) in [6.45, 7) is -0.0317. The van der Waals surface area contributed by atoms with E-state index in [2.05, 4.69) is 26.6 Å². The first-order chi connectivity index (χ1) is 9.54. The molecule has 0 aliphatic carbocycles. The standard InChI is InChI=1S/C14H11BrClFN2O/c15-9-1-6-12(17)13(7-9)18-8-14(20)19-11-4-2-10(16)3-5-11/h1-7,18H,8H2,(H,19,20). The van der Waals surface area contributed by atoms with Crippen molar-refractivity contribution in [2.45, 2.75) is 0 Å². The fraction of sp³-hybridized carbons (Fsp3) is 0.0714. The third kappa shape index (κ3) is 4.21. The van der Waals surface area contributed by atoms with Crippen molar-refractivity contribution in [3.8, 4) is 0 Å². The van der Waals surface area contributed by atoms with Crippen LogP contribution in [-0.4, -0.2) is 12.5 Å². The first-order valence-corrected chi connectivity index (χ1v) is 6.96. The molecule has 104 valence electrons. The topological polar surface area (TPSA) is 41.1 Å². The number of halogens is 3. The Bertz CT molecular complexity index is 619. The number of rotatable bonds is 4. The molecule has 0 aliphatic rings. The maximum absolute atomic E-state index is 13.5. The van der Waals surface area contributed by atoms with E-state index < -0.39 is 5.82 Å². The van der Waals surface area contributed by atoms with Gasteiger partial charge >= 0.3 is 0 Å². The van der Waals surface area contributed by atoms with E-state index in [0.717, 1.165) is 4.47 Å². The van der Waals surface area contributed by atoms with Gasteiger partial charge < -0.3 is 10.6 Å². The molecule has 1 amide bonds. The Morgan fingerprint density at radius 2 is 1.90 bits per heavy atom. The summed E-state index contributed by atoms with van der Waals surface area (Å²) in [5.74, 6) is -0.681. The third-order valence-corrected chi connectivity index (χ3v) is 3.24. The number of anilines is 2. The van der Waals surface area contributed by atoms with Crippen molar-refractivity contribution in [3.63, 3.8) is 0 Å². The van der Waals surface area contributed by atoms with Crippen molar-refractivity contribution in [1.82, 2.24) is 0 Å². The molecule has 0 aromatic heterocycles. The lowest BCUT2D eigenvalue weighted by Crippen LogP contribution is -2.22. The van der Waals surface area contributed by atoms with Gasteiger partial charge in [-0.25, -0.2) is 4.39 Å². The maximum Gasteiger partial charge on any atom is 0.243 e. The van der Waals surface area contributed by atoms with E-state index in [4.69, 9.17) is 11.6 Å². The zero-order valence-corrected chi connectivity index (χ0v) is 12.6. The molecule has 2 aromatic carbocycles. The summed E-state index contributed by atoms with van der Waals surface area (Å²) in [4.78, 5) is 11.7. The number of hydrogen-bond acceptors (Lipinski definition) is 2. The van der Waals surface area contributed by atoms with Gasteiger partial charge in [0.2, 0.25) is 5.91 Å². The third-order valence-electron chi connectivity index (χ3n) is 2.50. The normalized spacial score (nSPS) is 10.2. The van der Waals surface area contributed by atoms with E-state index >= 15 is 0 Å². The Hall–Kier alpha value is -1.59. The van der Waals surface area contributed by atoms with Gasteiger partial charge in [-0.3, -0.25) is 4.79 Å². The molecule has 0 radical (unpaired) electrons. The summed E-state index contributed by atoms with van der Waals surface area (Å²) in [7, 11) is 0. The first-order valence-electron chi connectivity index (χ1n) is 5.79. The van der Waals surface area contributed by atoms with Crippen molar-refractivity contribution in [1.29, 1.82) is 0 Å². The molecule has 3 nitrogen and oxygen atoms in total. The van der Waals surface area contributed by atoms with Gasteiger partial charge in [0.1, 0.15) is 5.82 Å². The van der Waals surface area contributed by atoms with Crippen LogP contribution in [0, 0.1) is 5.82 Å². The van der Waals surface area contributed by atoms with Crippen LogP contribution in [0.25, 0.3) is 0 Å². The van der Waals surface area contributed by atoms with Gasteiger partial charge in [0.05, 0.1) is 12.2 Å². The van der Waals surface area contributed by atoms with Gasteiger partial charge in [-0.1, -0.05) is 27.5 Å². The molecule has 0 heterocycles. The Morgan fingerprint density at radius 3 is 2.60 bits per heavy atom. The molecule has 0 atom stereocenters. The van der Waals surface area contributed by atoms with Gasteiger partial charge in [0.15, 0.2) is 0 Å². The monoisotopic (exact) mass is 356 g/mol. The first kappa shape index (κ1) is 14.8.